The molecule has 150 valence electrons. The molecule has 0 saturated carbocycles. The molecule has 1 aromatic carbocycles. The first kappa shape index (κ1) is 25.1. The highest BCUT2D eigenvalue weighted by Gasteiger charge is 2.41. The van der Waals surface area contributed by atoms with E-state index in [9.17, 15) is 9.90 Å². The highest BCUT2D eigenvalue weighted by molar-refractivity contribution is 5.86. The number of carbonyl (C=O) groups excluding carboxylic acids is 1. The maximum atomic E-state index is 12.7. The molecule has 0 bridgehead atoms. The minimum absolute atomic E-state index is 0. The molecular formula is C19H33Cl2N3O2. The molecular weight excluding hydrogens is 373 g/mol. The number of hydrogen-bond donors (Lipinski definition) is 3. The van der Waals surface area contributed by atoms with E-state index in [4.69, 9.17) is 0 Å². The first-order valence-corrected chi connectivity index (χ1v) is 8.92. The summed E-state index contributed by atoms with van der Waals surface area (Å²) in [6.07, 6.45) is 1.36. The quantitative estimate of drug-likeness (QED) is 0.580. The molecule has 0 aliphatic carbocycles. The summed E-state index contributed by atoms with van der Waals surface area (Å²) in [5.41, 5.74) is 1.14. The lowest BCUT2D eigenvalue weighted by molar-refractivity contribution is -0.157. The molecule has 0 radical (unpaired) electrons. The molecule has 1 amide bonds. The zero-order valence-corrected chi connectivity index (χ0v) is 17.6. The lowest BCUT2D eigenvalue weighted by atomic mass is 9.91. The number of nitrogens with one attached hydrogen (secondary N) is 2. The SMILES string of the molecule is CNCCNCC1(O)CCCN(Cc2ccc(C(C)C)cc2)C1=O.Cl.Cl. The Morgan fingerprint density at radius 3 is 2.42 bits per heavy atom. The van der Waals surface area contributed by atoms with E-state index in [0.29, 0.717) is 32.0 Å². The van der Waals surface area contributed by atoms with E-state index >= 15 is 0 Å². The fourth-order valence-electron chi connectivity index (χ4n) is 3.12. The molecule has 0 spiro atoms. The number of amides is 1. The van der Waals surface area contributed by atoms with E-state index < -0.39 is 5.60 Å². The van der Waals surface area contributed by atoms with Crippen LogP contribution in [0.25, 0.3) is 0 Å². The molecule has 1 fully saturated rings. The Morgan fingerprint density at radius 1 is 1.19 bits per heavy atom. The largest absolute Gasteiger partial charge is 0.379 e. The van der Waals surface area contributed by atoms with Gasteiger partial charge < -0.3 is 20.6 Å². The van der Waals surface area contributed by atoms with Crippen LogP contribution in [-0.2, 0) is 11.3 Å². The topological polar surface area (TPSA) is 64.6 Å². The van der Waals surface area contributed by atoms with Gasteiger partial charge in [-0.15, -0.1) is 24.8 Å². The number of carbonyl (C=O) groups is 1. The van der Waals surface area contributed by atoms with Crippen LogP contribution in [0.1, 0.15) is 43.7 Å². The molecule has 5 nitrogen and oxygen atoms in total. The fourth-order valence-corrected chi connectivity index (χ4v) is 3.12. The summed E-state index contributed by atoms with van der Waals surface area (Å²) in [6.45, 7) is 7.49. The van der Waals surface area contributed by atoms with Crippen molar-refractivity contribution in [3.63, 3.8) is 0 Å². The molecule has 1 aromatic rings. The second kappa shape index (κ2) is 11.8. The number of piperidine rings is 1. The monoisotopic (exact) mass is 405 g/mol. The molecule has 7 heteroatoms. The van der Waals surface area contributed by atoms with Crippen molar-refractivity contribution < 1.29 is 9.90 Å². The van der Waals surface area contributed by atoms with Crippen LogP contribution >= 0.6 is 24.8 Å². The number of halogens is 2. The summed E-state index contributed by atoms with van der Waals surface area (Å²) >= 11 is 0. The molecule has 1 atom stereocenters. The number of benzene rings is 1. The third-order valence-corrected chi connectivity index (χ3v) is 4.69. The summed E-state index contributed by atoms with van der Waals surface area (Å²) in [6, 6.07) is 8.42. The third-order valence-electron chi connectivity index (χ3n) is 4.69. The second-order valence-electron chi connectivity index (χ2n) is 7.04. The number of likely N-dealkylation sites (N-methyl/N-ethyl adjacent to an activating group) is 1. The standard InChI is InChI=1S/C19H31N3O2.2ClH/c1-15(2)17-7-5-16(6-8-17)13-22-12-4-9-19(24,18(22)23)14-21-11-10-20-3;;/h5-8,15,20-21,24H,4,9-14H2,1-3H3;2*1H. The van der Waals surface area contributed by atoms with Gasteiger partial charge in [0, 0.05) is 32.7 Å². The average Bonchev–Trinajstić information content (AvgIpc) is 2.57. The molecule has 1 aliphatic heterocycles. The molecule has 26 heavy (non-hydrogen) atoms. The normalized spacial score (nSPS) is 19.9. The average molecular weight is 406 g/mol. The van der Waals surface area contributed by atoms with E-state index in [1.807, 2.05) is 7.05 Å². The fraction of sp³-hybridized carbons (Fsp3) is 0.632. The zero-order chi connectivity index (χ0) is 17.6. The number of nitrogens with zero attached hydrogens (tertiary/aromatic N) is 1. The van der Waals surface area contributed by atoms with E-state index in [1.165, 1.54) is 5.56 Å². The van der Waals surface area contributed by atoms with Crippen molar-refractivity contribution >= 4 is 30.7 Å². The number of hydrogen-bond acceptors (Lipinski definition) is 4. The summed E-state index contributed by atoms with van der Waals surface area (Å²) in [7, 11) is 1.88. The van der Waals surface area contributed by atoms with Gasteiger partial charge in [0.15, 0.2) is 5.60 Å². The van der Waals surface area contributed by atoms with Crippen LogP contribution < -0.4 is 10.6 Å². The van der Waals surface area contributed by atoms with Gasteiger partial charge in [0.05, 0.1) is 0 Å². The Kier molecular flexibility index (Phi) is 11.4. The first-order chi connectivity index (χ1) is 11.5. The summed E-state index contributed by atoms with van der Waals surface area (Å²) in [4.78, 5) is 14.5. The van der Waals surface area contributed by atoms with Crippen LogP contribution in [0.3, 0.4) is 0 Å². The van der Waals surface area contributed by atoms with Gasteiger partial charge in [-0.2, -0.15) is 0 Å². The Balaban J connectivity index is 0.00000312. The van der Waals surface area contributed by atoms with Crippen LogP contribution in [-0.4, -0.2) is 54.7 Å². The zero-order valence-electron chi connectivity index (χ0n) is 16.0. The third kappa shape index (κ3) is 6.71. The summed E-state index contributed by atoms with van der Waals surface area (Å²) < 4.78 is 0. The van der Waals surface area contributed by atoms with E-state index in [-0.39, 0.29) is 30.7 Å². The van der Waals surface area contributed by atoms with Crippen molar-refractivity contribution in [3.05, 3.63) is 35.4 Å². The van der Waals surface area contributed by atoms with Gasteiger partial charge in [0.1, 0.15) is 0 Å². The predicted octanol–water partition coefficient (Wildman–Crippen LogP) is 2.32. The Morgan fingerprint density at radius 2 is 1.85 bits per heavy atom. The van der Waals surface area contributed by atoms with Crippen molar-refractivity contribution in [2.24, 2.45) is 0 Å². The van der Waals surface area contributed by atoms with Crippen molar-refractivity contribution in [2.75, 3.05) is 33.2 Å². The number of aliphatic hydroxyl groups is 1. The van der Waals surface area contributed by atoms with Gasteiger partial charge in [0.2, 0.25) is 0 Å². The van der Waals surface area contributed by atoms with Crippen molar-refractivity contribution in [2.45, 2.75) is 44.8 Å². The highest BCUT2D eigenvalue weighted by atomic mass is 35.5. The minimum atomic E-state index is -1.27. The number of rotatable bonds is 8. The molecule has 1 unspecified atom stereocenters. The first-order valence-electron chi connectivity index (χ1n) is 8.92. The summed E-state index contributed by atoms with van der Waals surface area (Å²) in [5, 5.41) is 16.9. The van der Waals surface area contributed by atoms with E-state index in [1.54, 1.807) is 4.90 Å². The highest BCUT2D eigenvalue weighted by Crippen LogP contribution is 2.24. The Hall–Kier alpha value is -0.850. The van der Waals surface area contributed by atoms with Crippen molar-refractivity contribution in [3.8, 4) is 0 Å². The van der Waals surface area contributed by atoms with Gasteiger partial charge >= 0.3 is 0 Å². The lowest BCUT2D eigenvalue weighted by Crippen LogP contribution is -2.58. The Labute approximate surface area is 169 Å². The van der Waals surface area contributed by atoms with Crippen LogP contribution in [0.15, 0.2) is 24.3 Å². The number of likely N-dealkylation sites (tertiary alicyclic amines) is 1. The van der Waals surface area contributed by atoms with E-state index in [0.717, 1.165) is 25.1 Å². The smallest absolute Gasteiger partial charge is 0.256 e. The predicted molar refractivity (Wildman–Crippen MR) is 111 cm³/mol. The van der Waals surface area contributed by atoms with Crippen molar-refractivity contribution in [1.29, 1.82) is 0 Å². The van der Waals surface area contributed by atoms with Crippen LogP contribution in [0.5, 0.6) is 0 Å². The maximum Gasteiger partial charge on any atom is 0.256 e. The maximum absolute atomic E-state index is 12.7. The van der Waals surface area contributed by atoms with Crippen LogP contribution in [0.4, 0.5) is 0 Å². The Bertz CT molecular complexity index is 540. The molecule has 1 aliphatic rings. The summed E-state index contributed by atoms with van der Waals surface area (Å²) in [5.74, 6) is 0.350. The van der Waals surface area contributed by atoms with E-state index in [2.05, 4.69) is 48.7 Å². The lowest BCUT2D eigenvalue weighted by Gasteiger charge is -2.38. The molecule has 1 heterocycles. The van der Waals surface area contributed by atoms with Gasteiger partial charge in [-0.05, 0) is 36.9 Å². The van der Waals surface area contributed by atoms with Gasteiger partial charge in [-0.1, -0.05) is 38.1 Å². The van der Waals surface area contributed by atoms with Gasteiger partial charge in [-0.3, -0.25) is 4.79 Å². The molecule has 2 rings (SSSR count). The second-order valence-corrected chi connectivity index (χ2v) is 7.04. The van der Waals surface area contributed by atoms with Gasteiger partial charge in [-0.25, -0.2) is 0 Å². The van der Waals surface area contributed by atoms with Crippen LogP contribution in [0.2, 0.25) is 0 Å². The molecule has 1 saturated heterocycles. The molecule has 3 N–H and O–H groups in total. The molecule has 0 aromatic heterocycles. The van der Waals surface area contributed by atoms with Crippen LogP contribution in [0, 0.1) is 0 Å². The minimum Gasteiger partial charge on any atom is -0.379 e. The van der Waals surface area contributed by atoms with Gasteiger partial charge in [0.25, 0.3) is 5.91 Å². The van der Waals surface area contributed by atoms with Crippen molar-refractivity contribution in [1.82, 2.24) is 15.5 Å².